The Bertz CT molecular complexity index is 327. The van der Waals surface area contributed by atoms with Crippen LogP contribution in [0.15, 0.2) is 0 Å². The van der Waals surface area contributed by atoms with Crippen molar-refractivity contribution in [2.45, 2.75) is 39.3 Å². The lowest BCUT2D eigenvalue weighted by Crippen LogP contribution is -2.49. The van der Waals surface area contributed by atoms with Crippen LogP contribution in [0.3, 0.4) is 0 Å². The molecule has 1 amide bonds. The number of carbonyl (C=O) groups is 1. The smallest absolute Gasteiger partial charge is 0.237 e. The number of carbonyl (C=O) groups excluding carboxylic acids is 1. The van der Waals surface area contributed by atoms with Crippen molar-refractivity contribution in [1.82, 2.24) is 5.32 Å². The van der Waals surface area contributed by atoms with Crippen LogP contribution in [-0.4, -0.2) is 38.4 Å². The molecule has 3 atom stereocenters. The molecular formula is C10H22N2O3S. The fourth-order valence-electron chi connectivity index (χ4n) is 1.35. The molecule has 0 bridgehead atoms. The highest BCUT2D eigenvalue weighted by molar-refractivity contribution is 7.90. The molecule has 0 fully saturated rings. The summed E-state index contributed by atoms with van der Waals surface area (Å²) in [5.41, 5.74) is 5.72. The van der Waals surface area contributed by atoms with Gasteiger partial charge < -0.3 is 11.1 Å². The van der Waals surface area contributed by atoms with Crippen molar-refractivity contribution in [2.75, 3.05) is 12.0 Å². The molecule has 0 spiro atoms. The maximum Gasteiger partial charge on any atom is 0.237 e. The summed E-state index contributed by atoms with van der Waals surface area (Å²) in [4.78, 5) is 11.6. The fourth-order valence-corrected chi connectivity index (χ4v) is 2.34. The quantitative estimate of drug-likeness (QED) is 0.689. The zero-order valence-corrected chi connectivity index (χ0v) is 11.2. The molecule has 0 aliphatic carbocycles. The molecule has 3 unspecified atom stereocenters. The van der Waals surface area contributed by atoms with Crippen LogP contribution >= 0.6 is 0 Å². The Morgan fingerprint density at radius 3 is 2.25 bits per heavy atom. The average Bonchev–Trinajstić information content (AvgIpc) is 2.12. The first-order chi connectivity index (χ1) is 7.17. The molecule has 6 heteroatoms. The van der Waals surface area contributed by atoms with Gasteiger partial charge in [-0.1, -0.05) is 20.3 Å². The summed E-state index contributed by atoms with van der Waals surface area (Å²) in [6, 6.07) is -0.982. The lowest BCUT2D eigenvalue weighted by molar-refractivity contribution is -0.123. The van der Waals surface area contributed by atoms with E-state index in [0.29, 0.717) is 0 Å². The van der Waals surface area contributed by atoms with E-state index in [1.165, 1.54) is 0 Å². The first kappa shape index (κ1) is 15.4. The van der Waals surface area contributed by atoms with Crippen LogP contribution in [0.1, 0.15) is 27.2 Å². The van der Waals surface area contributed by atoms with Crippen molar-refractivity contribution in [3.63, 3.8) is 0 Å². The van der Waals surface area contributed by atoms with Crippen LogP contribution in [0.2, 0.25) is 0 Å². The van der Waals surface area contributed by atoms with Crippen molar-refractivity contribution < 1.29 is 13.2 Å². The number of sulfone groups is 1. The van der Waals surface area contributed by atoms with Gasteiger partial charge in [0.25, 0.3) is 0 Å². The minimum Gasteiger partial charge on any atom is -0.351 e. The van der Waals surface area contributed by atoms with Crippen LogP contribution in [0.25, 0.3) is 0 Å². The molecule has 0 aromatic heterocycles. The molecule has 0 saturated carbocycles. The van der Waals surface area contributed by atoms with Crippen molar-refractivity contribution >= 4 is 15.7 Å². The van der Waals surface area contributed by atoms with Crippen molar-refractivity contribution in [2.24, 2.45) is 11.7 Å². The summed E-state index contributed by atoms with van der Waals surface area (Å²) in [5, 5.41) is 2.61. The Kier molecular flexibility index (Phi) is 5.96. The van der Waals surface area contributed by atoms with Crippen LogP contribution < -0.4 is 11.1 Å². The minimum atomic E-state index is -3.08. The van der Waals surface area contributed by atoms with E-state index in [1.807, 2.05) is 13.8 Å². The summed E-state index contributed by atoms with van der Waals surface area (Å²) < 4.78 is 22.0. The summed E-state index contributed by atoms with van der Waals surface area (Å²) >= 11 is 0. The molecule has 0 saturated heterocycles. The molecule has 16 heavy (non-hydrogen) atoms. The van der Waals surface area contributed by atoms with Gasteiger partial charge in [-0.15, -0.1) is 0 Å². The molecule has 5 nitrogen and oxygen atoms in total. The predicted octanol–water partition coefficient (Wildman–Crippen LogP) is -0.0909. The zero-order valence-electron chi connectivity index (χ0n) is 10.4. The van der Waals surface area contributed by atoms with Gasteiger partial charge in [-0.2, -0.15) is 0 Å². The maximum atomic E-state index is 11.6. The van der Waals surface area contributed by atoms with Gasteiger partial charge >= 0.3 is 0 Å². The molecule has 0 aliphatic heterocycles. The second-order valence-electron chi connectivity index (χ2n) is 4.41. The van der Waals surface area contributed by atoms with Crippen molar-refractivity contribution in [1.29, 1.82) is 0 Å². The highest BCUT2D eigenvalue weighted by Crippen LogP contribution is 2.05. The van der Waals surface area contributed by atoms with Crippen LogP contribution in [0, 0.1) is 5.92 Å². The second kappa shape index (κ2) is 6.20. The number of nitrogens with two attached hydrogens (primary N) is 1. The molecule has 0 radical (unpaired) electrons. The van der Waals surface area contributed by atoms with Gasteiger partial charge in [-0.3, -0.25) is 4.79 Å². The Morgan fingerprint density at radius 1 is 1.38 bits per heavy atom. The topological polar surface area (TPSA) is 89.3 Å². The van der Waals surface area contributed by atoms with Gasteiger partial charge in [0.05, 0.1) is 11.8 Å². The van der Waals surface area contributed by atoms with Crippen LogP contribution in [0.4, 0.5) is 0 Å². The van der Waals surface area contributed by atoms with Gasteiger partial charge in [0.15, 0.2) is 0 Å². The molecule has 0 aromatic rings. The third-order valence-corrected chi connectivity index (χ3v) is 3.61. The number of hydrogen-bond acceptors (Lipinski definition) is 4. The first-order valence-corrected chi connectivity index (χ1v) is 7.47. The Labute approximate surface area is 97.7 Å². The fraction of sp³-hybridized carbons (Fsp3) is 0.900. The van der Waals surface area contributed by atoms with E-state index in [1.54, 1.807) is 6.92 Å². The standard InChI is InChI=1S/C10H22N2O3S/c1-5-7(2)9(11)10(13)12-8(3)6-16(4,14)15/h7-9H,5-6,11H2,1-4H3,(H,12,13). The summed E-state index contributed by atoms with van der Waals surface area (Å²) in [5.74, 6) is -0.262. The van der Waals surface area contributed by atoms with E-state index >= 15 is 0 Å². The monoisotopic (exact) mass is 250 g/mol. The molecule has 0 rings (SSSR count). The third kappa shape index (κ3) is 6.07. The van der Waals surface area contributed by atoms with Crippen LogP contribution in [0.5, 0.6) is 0 Å². The van der Waals surface area contributed by atoms with Crippen LogP contribution in [-0.2, 0) is 14.6 Å². The van der Waals surface area contributed by atoms with E-state index in [2.05, 4.69) is 5.32 Å². The van der Waals surface area contributed by atoms with Gasteiger partial charge in [-0.25, -0.2) is 8.42 Å². The van der Waals surface area contributed by atoms with Gasteiger partial charge in [0.2, 0.25) is 5.91 Å². The number of rotatable bonds is 6. The number of hydrogen-bond donors (Lipinski definition) is 2. The lowest BCUT2D eigenvalue weighted by atomic mass is 9.99. The second-order valence-corrected chi connectivity index (χ2v) is 6.60. The van der Waals surface area contributed by atoms with E-state index in [-0.39, 0.29) is 17.6 Å². The summed E-state index contributed by atoms with van der Waals surface area (Å²) in [6.07, 6.45) is 1.96. The van der Waals surface area contributed by atoms with Crippen molar-refractivity contribution in [3.05, 3.63) is 0 Å². The molecule has 0 aliphatic rings. The Morgan fingerprint density at radius 2 is 1.88 bits per heavy atom. The van der Waals surface area contributed by atoms with E-state index < -0.39 is 21.9 Å². The summed E-state index contributed by atoms with van der Waals surface area (Å²) in [7, 11) is -3.08. The molecule has 0 heterocycles. The largest absolute Gasteiger partial charge is 0.351 e. The van der Waals surface area contributed by atoms with Gasteiger partial charge in [-0.05, 0) is 12.8 Å². The lowest BCUT2D eigenvalue weighted by Gasteiger charge is -2.20. The van der Waals surface area contributed by atoms with E-state index in [9.17, 15) is 13.2 Å². The normalized spacial score (nSPS) is 17.6. The number of amides is 1. The van der Waals surface area contributed by atoms with Crippen molar-refractivity contribution in [3.8, 4) is 0 Å². The molecule has 96 valence electrons. The maximum absolute atomic E-state index is 11.6. The average molecular weight is 250 g/mol. The predicted molar refractivity (Wildman–Crippen MR) is 64.7 cm³/mol. The van der Waals surface area contributed by atoms with Gasteiger partial charge in [0, 0.05) is 12.3 Å². The van der Waals surface area contributed by atoms with Gasteiger partial charge in [0.1, 0.15) is 9.84 Å². The number of nitrogens with one attached hydrogen (secondary N) is 1. The van der Waals surface area contributed by atoms with E-state index in [4.69, 9.17) is 5.73 Å². The highest BCUT2D eigenvalue weighted by atomic mass is 32.2. The highest BCUT2D eigenvalue weighted by Gasteiger charge is 2.21. The third-order valence-electron chi connectivity index (χ3n) is 2.50. The summed E-state index contributed by atoms with van der Waals surface area (Å²) in [6.45, 7) is 5.51. The Balaban J connectivity index is 4.24. The molecule has 0 aromatic carbocycles. The molecule has 3 N–H and O–H groups in total. The SMILES string of the molecule is CCC(C)C(N)C(=O)NC(C)CS(C)(=O)=O. The minimum absolute atomic E-state index is 0.0635. The van der Waals surface area contributed by atoms with E-state index in [0.717, 1.165) is 12.7 Å². The first-order valence-electron chi connectivity index (χ1n) is 5.41. The molecular weight excluding hydrogens is 228 g/mol. The Hall–Kier alpha value is -0.620. The zero-order chi connectivity index (χ0) is 12.9.